The SMILES string of the molecule is CC(=O)N1CCCC(c2ccnc(Nc3ncccc3C)n2)C1. The molecule has 0 spiro atoms. The highest BCUT2D eigenvalue weighted by Crippen LogP contribution is 2.26. The van der Waals surface area contributed by atoms with Gasteiger partial charge in [-0.15, -0.1) is 0 Å². The summed E-state index contributed by atoms with van der Waals surface area (Å²) in [6.45, 7) is 5.19. The Morgan fingerprint density at radius 2 is 2.17 bits per heavy atom. The molecule has 1 fully saturated rings. The number of hydrogen-bond donors (Lipinski definition) is 1. The van der Waals surface area contributed by atoms with Gasteiger partial charge in [0.15, 0.2) is 0 Å². The molecule has 1 amide bonds. The lowest BCUT2D eigenvalue weighted by Gasteiger charge is -2.31. The third kappa shape index (κ3) is 3.64. The van der Waals surface area contributed by atoms with Gasteiger partial charge >= 0.3 is 0 Å². The fourth-order valence-electron chi connectivity index (χ4n) is 2.89. The molecule has 2 aromatic heterocycles. The molecule has 6 heteroatoms. The summed E-state index contributed by atoms with van der Waals surface area (Å²) >= 11 is 0. The van der Waals surface area contributed by atoms with Crippen molar-refractivity contribution in [2.45, 2.75) is 32.6 Å². The van der Waals surface area contributed by atoms with E-state index in [1.54, 1.807) is 19.3 Å². The minimum atomic E-state index is 0.131. The van der Waals surface area contributed by atoms with Gasteiger partial charge in [-0.25, -0.2) is 15.0 Å². The van der Waals surface area contributed by atoms with Gasteiger partial charge in [0.25, 0.3) is 0 Å². The molecule has 1 atom stereocenters. The van der Waals surface area contributed by atoms with Gasteiger partial charge in [-0.1, -0.05) is 6.07 Å². The van der Waals surface area contributed by atoms with Crippen molar-refractivity contribution in [2.75, 3.05) is 18.4 Å². The second-order valence-corrected chi connectivity index (χ2v) is 5.90. The lowest BCUT2D eigenvalue weighted by Crippen LogP contribution is -2.37. The minimum absolute atomic E-state index is 0.131. The molecule has 2 aromatic rings. The van der Waals surface area contributed by atoms with Crippen LogP contribution in [0.25, 0.3) is 0 Å². The van der Waals surface area contributed by atoms with E-state index in [0.717, 1.165) is 43.0 Å². The molecule has 6 nitrogen and oxygen atoms in total. The van der Waals surface area contributed by atoms with E-state index in [1.807, 2.05) is 30.0 Å². The first-order valence-corrected chi connectivity index (χ1v) is 7.90. The Kier molecular flexibility index (Phi) is 4.50. The first-order valence-electron chi connectivity index (χ1n) is 7.90. The standard InChI is InChI=1S/C17H21N5O/c1-12-5-3-8-18-16(12)21-17-19-9-7-15(20-17)14-6-4-10-22(11-14)13(2)23/h3,5,7-9,14H,4,6,10-11H2,1-2H3,(H,18,19,20,21). The van der Waals surface area contributed by atoms with Crippen molar-refractivity contribution in [1.29, 1.82) is 0 Å². The lowest BCUT2D eigenvalue weighted by molar-refractivity contribution is -0.130. The summed E-state index contributed by atoms with van der Waals surface area (Å²) in [6, 6.07) is 5.83. The highest BCUT2D eigenvalue weighted by molar-refractivity contribution is 5.73. The van der Waals surface area contributed by atoms with Crippen LogP contribution in [0.15, 0.2) is 30.6 Å². The number of rotatable bonds is 3. The first-order chi connectivity index (χ1) is 11.1. The average molecular weight is 311 g/mol. The molecule has 0 bridgehead atoms. The Morgan fingerprint density at radius 1 is 1.30 bits per heavy atom. The highest BCUT2D eigenvalue weighted by atomic mass is 16.2. The first kappa shape index (κ1) is 15.4. The van der Waals surface area contributed by atoms with Gasteiger partial charge in [-0.2, -0.15) is 0 Å². The van der Waals surface area contributed by atoms with E-state index in [-0.39, 0.29) is 11.8 Å². The zero-order valence-electron chi connectivity index (χ0n) is 13.5. The molecule has 0 saturated carbocycles. The number of aryl methyl sites for hydroxylation is 1. The summed E-state index contributed by atoms with van der Waals surface area (Å²) in [5, 5.41) is 3.17. The van der Waals surface area contributed by atoms with Gasteiger partial charge in [-0.3, -0.25) is 4.79 Å². The van der Waals surface area contributed by atoms with Crippen molar-refractivity contribution in [3.63, 3.8) is 0 Å². The zero-order chi connectivity index (χ0) is 16.2. The van der Waals surface area contributed by atoms with Gasteiger partial charge in [-0.05, 0) is 37.5 Å². The molecule has 3 rings (SSSR count). The predicted octanol–water partition coefficient (Wildman–Crippen LogP) is 2.65. The van der Waals surface area contributed by atoms with Gasteiger partial charge in [0.1, 0.15) is 5.82 Å². The van der Waals surface area contributed by atoms with Gasteiger partial charge in [0.05, 0.1) is 5.69 Å². The van der Waals surface area contributed by atoms with Crippen LogP contribution < -0.4 is 5.32 Å². The van der Waals surface area contributed by atoms with E-state index in [1.165, 1.54) is 0 Å². The molecular weight excluding hydrogens is 290 g/mol. The van der Waals surface area contributed by atoms with Gasteiger partial charge in [0.2, 0.25) is 11.9 Å². The molecule has 1 aliphatic heterocycles. The molecule has 1 unspecified atom stereocenters. The largest absolute Gasteiger partial charge is 0.342 e. The number of aromatic nitrogens is 3. The number of hydrogen-bond acceptors (Lipinski definition) is 5. The molecule has 0 aromatic carbocycles. The number of piperidine rings is 1. The smallest absolute Gasteiger partial charge is 0.228 e. The van der Waals surface area contributed by atoms with Crippen LogP contribution in [0.4, 0.5) is 11.8 Å². The number of nitrogens with one attached hydrogen (secondary N) is 1. The van der Waals surface area contributed by atoms with Crippen LogP contribution in [0.1, 0.15) is 36.9 Å². The molecule has 3 heterocycles. The zero-order valence-corrected chi connectivity index (χ0v) is 13.5. The van der Waals surface area contributed by atoms with Gasteiger partial charge in [0, 0.05) is 38.3 Å². The van der Waals surface area contributed by atoms with E-state index in [4.69, 9.17) is 0 Å². The number of nitrogens with zero attached hydrogens (tertiary/aromatic N) is 4. The molecule has 0 aliphatic carbocycles. The number of amides is 1. The van der Waals surface area contributed by atoms with E-state index in [0.29, 0.717) is 5.95 Å². The van der Waals surface area contributed by atoms with Crippen LogP contribution in [0.3, 0.4) is 0 Å². The van der Waals surface area contributed by atoms with E-state index in [9.17, 15) is 4.79 Å². The molecule has 1 aliphatic rings. The van der Waals surface area contributed by atoms with Gasteiger partial charge < -0.3 is 10.2 Å². The van der Waals surface area contributed by atoms with Crippen LogP contribution in [0.5, 0.6) is 0 Å². The van der Waals surface area contributed by atoms with Crippen molar-refractivity contribution < 1.29 is 4.79 Å². The summed E-state index contributed by atoms with van der Waals surface area (Å²) in [6.07, 6.45) is 5.56. The number of anilines is 2. The fraction of sp³-hybridized carbons (Fsp3) is 0.412. The fourth-order valence-corrected chi connectivity index (χ4v) is 2.89. The minimum Gasteiger partial charge on any atom is -0.342 e. The Labute approximate surface area is 136 Å². The number of carbonyl (C=O) groups excluding carboxylic acids is 1. The molecule has 1 saturated heterocycles. The van der Waals surface area contributed by atoms with Crippen molar-refractivity contribution in [1.82, 2.24) is 19.9 Å². The Balaban J connectivity index is 1.77. The lowest BCUT2D eigenvalue weighted by atomic mass is 9.94. The summed E-state index contributed by atoms with van der Waals surface area (Å²) in [7, 11) is 0. The molecule has 120 valence electrons. The summed E-state index contributed by atoms with van der Waals surface area (Å²) in [5.74, 6) is 1.70. The van der Waals surface area contributed by atoms with Crippen LogP contribution >= 0.6 is 0 Å². The van der Waals surface area contributed by atoms with E-state index in [2.05, 4.69) is 20.3 Å². The van der Waals surface area contributed by atoms with Crippen molar-refractivity contribution in [2.24, 2.45) is 0 Å². The van der Waals surface area contributed by atoms with Crippen molar-refractivity contribution >= 4 is 17.7 Å². The molecule has 1 N–H and O–H groups in total. The van der Waals surface area contributed by atoms with E-state index < -0.39 is 0 Å². The number of likely N-dealkylation sites (tertiary alicyclic amines) is 1. The van der Waals surface area contributed by atoms with Crippen LogP contribution in [0.2, 0.25) is 0 Å². The number of carbonyl (C=O) groups is 1. The molecule has 23 heavy (non-hydrogen) atoms. The molecular formula is C17H21N5O. The maximum absolute atomic E-state index is 11.6. The monoisotopic (exact) mass is 311 g/mol. The predicted molar refractivity (Wildman–Crippen MR) is 88.5 cm³/mol. The molecule has 0 radical (unpaired) electrons. The topological polar surface area (TPSA) is 71.0 Å². The van der Waals surface area contributed by atoms with Crippen molar-refractivity contribution in [3.05, 3.63) is 41.9 Å². The van der Waals surface area contributed by atoms with Crippen molar-refractivity contribution in [3.8, 4) is 0 Å². The second-order valence-electron chi connectivity index (χ2n) is 5.90. The Morgan fingerprint density at radius 3 is 2.96 bits per heavy atom. The second kappa shape index (κ2) is 6.73. The Bertz CT molecular complexity index is 703. The normalized spacial score (nSPS) is 17.8. The summed E-state index contributed by atoms with van der Waals surface area (Å²) < 4.78 is 0. The quantitative estimate of drug-likeness (QED) is 0.943. The Hall–Kier alpha value is -2.50. The summed E-state index contributed by atoms with van der Waals surface area (Å²) in [5.41, 5.74) is 2.02. The van der Waals surface area contributed by atoms with E-state index >= 15 is 0 Å². The highest BCUT2D eigenvalue weighted by Gasteiger charge is 2.24. The maximum Gasteiger partial charge on any atom is 0.228 e. The summed E-state index contributed by atoms with van der Waals surface area (Å²) in [4.78, 5) is 26.7. The maximum atomic E-state index is 11.6. The third-order valence-electron chi connectivity index (χ3n) is 4.20. The van der Waals surface area contributed by atoms with Crippen LogP contribution in [0, 0.1) is 6.92 Å². The average Bonchev–Trinajstić information content (AvgIpc) is 2.57. The number of pyridine rings is 1. The van der Waals surface area contributed by atoms with Crippen LogP contribution in [-0.4, -0.2) is 38.8 Å². The third-order valence-corrected chi connectivity index (χ3v) is 4.20. The van der Waals surface area contributed by atoms with Crippen LogP contribution in [-0.2, 0) is 4.79 Å².